The van der Waals surface area contributed by atoms with Crippen LogP contribution in [-0.2, 0) is 4.74 Å². The topological polar surface area (TPSA) is 38.5 Å². The number of piperidine rings is 1. The zero-order valence-corrected chi connectivity index (χ0v) is 9.82. The second-order valence-corrected chi connectivity index (χ2v) is 5.07. The van der Waals surface area contributed by atoms with Crippen molar-refractivity contribution in [2.45, 2.75) is 44.2 Å². The van der Waals surface area contributed by atoms with Crippen LogP contribution in [0.15, 0.2) is 0 Å². The van der Waals surface area contributed by atoms with Crippen molar-refractivity contribution < 1.29 is 4.74 Å². The van der Waals surface area contributed by atoms with Crippen molar-refractivity contribution in [1.29, 1.82) is 0 Å². The van der Waals surface area contributed by atoms with Crippen molar-refractivity contribution in [2.75, 3.05) is 26.7 Å². The van der Waals surface area contributed by atoms with E-state index in [9.17, 15) is 0 Å². The van der Waals surface area contributed by atoms with E-state index in [0.717, 1.165) is 5.92 Å². The van der Waals surface area contributed by atoms with E-state index in [1.165, 1.54) is 51.7 Å². The number of nitrogens with zero attached hydrogens (tertiary/aromatic N) is 1. The van der Waals surface area contributed by atoms with Crippen molar-refractivity contribution in [3.63, 3.8) is 0 Å². The molecular weight excluding hydrogens is 188 g/mol. The first-order valence-corrected chi connectivity index (χ1v) is 6.30. The molecule has 2 fully saturated rings. The first-order chi connectivity index (χ1) is 7.29. The third-order valence-electron chi connectivity index (χ3n) is 3.87. The largest absolute Gasteiger partial charge is 0.381 e. The Labute approximate surface area is 93.0 Å². The molecule has 1 heterocycles. The lowest BCUT2D eigenvalue weighted by Gasteiger charge is -2.31. The van der Waals surface area contributed by atoms with E-state index < -0.39 is 0 Å². The summed E-state index contributed by atoms with van der Waals surface area (Å²) in [7, 11) is 1.82. The molecule has 88 valence electrons. The summed E-state index contributed by atoms with van der Waals surface area (Å²) in [4.78, 5) is 2.54. The molecule has 0 bridgehead atoms. The molecule has 0 amide bonds. The van der Waals surface area contributed by atoms with Crippen LogP contribution in [0, 0.1) is 5.92 Å². The molecule has 0 spiro atoms. The first-order valence-electron chi connectivity index (χ1n) is 6.30. The van der Waals surface area contributed by atoms with Crippen LogP contribution in [-0.4, -0.2) is 43.8 Å². The van der Waals surface area contributed by atoms with Gasteiger partial charge in [0.25, 0.3) is 0 Å². The standard InChI is InChI=1S/C12H24N2O/c1-15-11-4-7-14(8-5-11)9-6-12(13)10-2-3-10/h10-12H,2-9,13H2,1H3. The predicted molar refractivity (Wildman–Crippen MR) is 61.8 cm³/mol. The van der Waals surface area contributed by atoms with Gasteiger partial charge in [0.05, 0.1) is 6.10 Å². The highest BCUT2D eigenvalue weighted by atomic mass is 16.5. The van der Waals surface area contributed by atoms with Crippen molar-refractivity contribution in [3.05, 3.63) is 0 Å². The van der Waals surface area contributed by atoms with Gasteiger partial charge in [-0.25, -0.2) is 0 Å². The number of likely N-dealkylation sites (tertiary alicyclic amines) is 1. The predicted octanol–water partition coefficient (Wildman–Crippen LogP) is 1.22. The van der Waals surface area contributed by atoms with Crippen molar-refractivity contribution in [2.24, 2.45) is 11.7 Å². The maximum atomic E-state index is 6.10. The van der Waals surface area contributed by atoms with Crippen LogP contribution in [0.5, 0.6) is 0 Å². The second-order valence-electron chi connectivity index (χ2n) is 5.07. The average Bonchev–Trinajstić information content (AvgIpc) is 3.10. The minimum Gasteiger partial charge on any atom is -0.381 e. The Morgan fingerprint density at radius 3 is 2.47 bits per heavy atom. The Bertz CT molecular complexity index is 186. The van der Waals surface area contributed by atoms with Gasteiger partial charge in [0.2, 0.25) is 0 Å². The fourth-order valence-electron chi connectivity index (χ4n) is 2.46. The molecular formula is C12H24N2O. The number of nitrogens with two attached hydrogens (primary N) is 1. The van der Waals surface area contributed by atoms with E-state index in [4.69, 9.17) is 10.5 Å². The molecule has 0 aromatic carbocycles. The zero-order valence-electron chi connectivity index (χ0n) is 9.82. The molecule has 2 aliphatic rings. The van der Waals surface area contributed by atoms with Gasteiger partial charge in [0.15, 0.2) is 0 Å². The van der Waals surface area contributed by atoms with Gasteiger partial charge >= 0.3 is 0 Å². The van der Waals surface area contributed by atoms with Gasteiger partial charge in [0, 0.05) is 26.2 Å². The molecule has 1 aliphatic carbocycles. The third-order valence-corrected chi connectivity index (χ3v) is 3.87. The summed E-state index contributed by atoms with van der Waals surface area (Å²) in [5, 5.41) is 0. The molecule has 2 rings (SSSR count). The first kappa shape index (κ1) is 11.4. The summed E-state index contributed by atoms with van der Waals surface area (Å²) in [5.74, 6) is 0.849. The number of hydrogen-bond acceptors (Lipinski definition) is 3. The SMILES string of the molecule is COC1CCN(CCC(N)C2CC2)CC1. The summed E-state index contributed by atoms with van der Waals surface area (Å²) >= 11 is 0. The fourth-order valence-corrected chi connectivity index (χ4v) is 2.46. The smallest absolute Gasteiger partial charge is 0.0595 e. The molecule has 15 heavy (non-hydrogen) atoms. The van der Waals surface area contributed by atoms with E-state index in [2.05, 4.69) is 4.90 Å². The summed E-state index contributed by atoms with van der Waals surface area (Å²) in [6.45, 7) is 3.57. The monoisotopic (exact) mass is 212 g/mol. The van der Waals surface area contributed by atoms with Crippen LogP contribution in [0.2, 0.25) is 0 Å². The van der Waals surface area contributed by atoms with Gasteiger partial charge in [-0.2, -0.15) is 0 Å². The highest BCUT2D eigenvalue weighted by Crippen LogP contribution is 2.32. The molecule has 1 saturated heterocycles. The molecule has 0 aromatic heterocycles. The Kier molecular flexibility index (Phi) is 4.00. The summed E-state index contributed by atoms with van der Waals surface area (Å²) in [5.41, 5.74) is 6.10. The average molecular weight is 212 g/mol. The fraction of sp³-hybridized carbons (Fsp3) is 1.00. The van der Waals surface area contributed by atoms with Gasteiger partial charge < -0.3 is 15.4 Å². The molecule has 0 radical (unpaired) electrons. The van der Waals surface area contributed by atoms with E-state index in [1.54, 1.807) is 0 Å². The normalized spacial score (nSPS) is 26.8. The van der Waals surface area contributed by atoms with Gasteiger partial charge in [-0.15, -0.1) is 0 Å². The van der Waals surface area contributed by atoms with Gasteiger partial charge in [-0.3, -0.25) is 0 Å². The lowest BCUT2D eigenvalue weighted by Crippen LogP contribution is -2.39. The van der Waals surface area contributed by atoms with E-state index in [0.29, 0.717) is 12.1 Å². The molecule has 0 aromatic rings. The molecule has 1 atom stereocenters. The Balaban J connectivity index is 1.59. The Morgan fingerprint density at radius 1 is 1.27 bits per heavy atom. The minimum atomic E-state index is 0.463. The summed E-state index contributed by atoms with van der Waals surface area (Å²) < 4.78 is 5.36. The van der Waals surface area contributed by atoms with Crippen LogP contribution in [0.4, 0.5) is 0 Å². The van der Waals surface area contributed by atoms with Crippen molar-refractivity contribution >= 4 is 0 Å². The number of methoxy groups -OCH3 is 1. The van der Waals surface area contributed by atoms with E-state index in [1.807, 2.05) is 7.11 Å². The number of ether oxygens (including phenoxy) is 1. The second kappa shape index (κ2) is 5.28. The van der Waals surface area contributed by atoms with Gasteiger partial charge in [-0.05, 0) is 44.6 Å². The van der Waals surface area contributed by atoms with E-state index >= 15 is 0 Å². The van der Waals surface area contributed by atoms with E-state index in [-0.39, 0.29) is 0 Å². The Hall–Kier alpha value is -0.120. The van der Waals surface area contributed by atoms with Crippen molar-refractivity contribution in [1.82, 2.24) is 4.90 Å². The summed E-state index contributed by atoms with van der Waals surface area (Å²) in [6, 6.07) is 0.463. The number of hydrogen-bond donors (Lipinski definition) is 1. The maximum absolute atomic E-state index is 6.10. The van der Waals surface area contributed by atoms with Gasteiger partial charge in [-0.1, -0.05) is 0 Å². The molecule has 3 nitrogen and oxygen atoms in total. The van der Waals surface area contributed by atoms with Crippen LogP contribution >= 0.6 is 0 Å². The molecule has 1 aliphatic heterocycles. The molecule has 1 unspecified atom stereocenters. The summed E-state index contributed by atoms with van der Waals surface area (Å²) in [6.07, 6.45) is 6.80. The third kappa shape index (κ3) is 3.44. The molecule has 2 N–H and O–H groups in total. The Morgan fingerprint density at radius 2 is 1.93 bits per heavy atom. The quantitative estimate of drug-likeness (QED) is 0.745. The molecule has 1 saturated carbocycles. The number of rotatable bonds is 5. The minimum absolute atomic E-state index is 0.463. The van der Waals surface area contributed by atoms with Crippen LogP contribution in [0.25, 0.3) is 0 Å². The lowest BCUT2D eigenvalue weighted by molar-refractivity contribution is 0.0402. The zero-order chi connectivity index (χ0) is 10.7. The van der Waals surface area contributed by atoms with Crippen LogP contribution in [0.3, 0.4) is 0 Å². The highest BCUT2D eigenvalue weighted by Gasteiger charge is 2.28. The maximum Gasteiger partial charge on any atom is 0.0595 e. The van der Waals surface area contributed by atoms with Crippen molar-refractivity contribution in [3.8, 4) is 0 Å². The molecule has 3 heteroatoms. The van der Waals surface area contributed by atoms with Crippen LogP contribution < -0.4 is 5.73 Å². The van der Waals surface area contributed by atoms with Gasteiger partial charge in [0.1, 0.15) is 0 Å². The highest BCUT2D eigenvalue weighted by molar-refractivity contribution is 4.85. The lowest BCUT2D eigenvalue weighted by atomic mass is 10.1. The van der Waals surface area contributed by atoms with Crippen LogP contribution in [0.1, 0.15) is 32.1 Å².